The van der Waals surface area contributed by atoms with Crippen LogP contribution in [0.3, 0.4) is 0 Å². The van der Waals surface area contributed by atoms with Crippen molar-refractivity contribution in [2.45, 2.75) is 26.3 Å². The number of aromatic hydroxyl groups is 1. The van der Waals surface area contributed by atoms with Gasteiger partial charge >= 0.3 is 5.63 Å². The Labute approximate surface area is 200 Å². The summed E-state index contributed by atoms with van der Waals surface area (Å²) in [6.45, 7) is 3.88. The van der Waals surface area contributed by atoms with Gasteiger partial charge in [0.25, 0.3) is 0 Å². The van der Waals surface area contributed by atoms with Gasteiger partial charge in [0.15, 0.2) is 0 Å². The second-order valence-corrected chi connectivity index (χ2v) is 9.00. The van der Waals surface area contributed by atoms with Gasteiger partial charge in [-0.25, -0.2) is 4.79 Å². The smallest absolute Gasteiger partial charge is 0.349 e. The van der Waals surface area contributed by atoms with Crippen molar-refractivity contribution in [1.82, 2.24) is 0 Å². The molecule has 0 saturated heterocycles. The minimum Gasteiger partial charge on any atom is -0.506 e. The van der Waals surface area contributed by atoms with Crippen molar-refractivity contribution in [3.63, 3.8) is 0 Å². The van der Waals surface area contributed by atoms with Crippen LogP contribution in [0.4, 0.5) is 5.69 Å². The lowest BCUT2D eigenvalue weighted by molar-refractivity contribution is 0.466. The summed E-state index contributed by atoms with van der Waals surface area (Å²) >= 11 is 12.6. The fraction of sp³-hybridized carbons (Fsp3) is 0.154. The molecule has 1 N–H and O–H groups in total. The van der Waals surface area contributed by atoms with Crippen LogP contribution in [-0.4, -0.2) is 10.8 Å². The number of para-hydroxylation sites is 1. The number of rotatable bonds is 3. The lowest BCUT2D eigenvalue weighted by Gasteiger charge is -2.24. The summed E-state index contributed by atoms with van der Waals surface area (Å²) in [4.78, 5) is 13.0. The number of hydrogen-bond donors (Lipinski definition) is 1. The first kappa shape index (κ1) is 21.6. The second kappa shape index (κ2) is 8.25. The number of hydrazone groups is 1. The SMILES string of the molecule is Cc1cc2oc(=O)c(C3=NN(c4ccccc4)C(c4ccc(Cl)cc4Cl)C3)c(O)c2cc1C. The lowest BCUT2D eigenvalue weighted by atomic mass is 9.97. The highest BCUT2D eigenvalue weighted by Gasteiger charge is 2.34. The Morgan fingerprint density at radius 3 is 2.48 bits per heavy atom. The van der Waals surface area contributed by atoms with Crippen LogP contribution in [0.15, 0.2) is 75.0 Å². The third kappa shape index (κ3) is 3.77. The number of aryl methyl sites for hydroxylation is 2. The fourth-order valence-electron chi connectivity index (χ4n) is 4.19. The van der Waals surface area contributed by atoms with Gasteiger partial charge in [0, 0.05) is 16.5 Å². The van der Waals surface area contributed by atoms with E-state index in [-0.39, 0.29) is 17.4 Å². The molecule has 166 valence electrons. The lowest BCUT2D eigenvalue weighted by Crippen LogP contribution is -2.19. The van der Waals surface area contributed by atoms with Crippen LogP contribution in [0.2, 0.25) is 10.0 Å². The van der Waals surface area contributed by atoms with E-state index in [1.165, 1.54) is 0 Å². The second-order valence-electron chi connectivity index (χ2n) is 8.16. The maximum absolute atomic E-state index is 13.0. The largest absolute Gasteiger partial charge is 0.506 e. The van der Waals surface area contributed by atoms with Crippen LogP contribution >= 0.6 is 23.2 Å². The van der Waals surface area contributed by atoms with Crippen LogP contribution in [0, 0.1) is 13.8 Å². The summed E-state index contributed by atoms with van der Waals surface area (Å²) in [5, 5.41) is 19.2. The molecule has 33 heavy (non-hydrogen) atoms. The van der Waals surface area contributed by atoms with Gasteiger partial charge in [0.05, 0.1) is 22.8 Å². The molecule has 1 unspecified atom stereocenters. The molecule has 1 atom stereocenters. The van der Waals surface area contributed by atoms with E-state index in [9.17, 15) is 9.90 Å². The van der Waals surface area contributed by atoms with Gasteiger partial charge in [-0.2, -0.15) is 5.10 Å². The Kier molecular flexibility index (Phi) is 5.39. The first-order chi connectivity index (χ1) is 15.8. The molecule has 1 aromatic heterocycles. The highest BCUT2D eigenvalue weighted by molar-refractivity contribution is 6.35. The molecular weight excluding hydrogens is 459 g/mol. The Balaban J connectivity index is 1.68. The van der Waals surface area contributed by atoms with E-state index in [1.54, 1.807) is 18.2 Å². The minimum absolute atomic E-state index is 0.0688. The van der Waals surface area contributed by atoms with E-state index in [0.29, 0.717) is 33.1 Å². The van der Waals surface area contributed by atoms with Crippen molar-refractivity contribution in [2.75, 3.05) is 5.01 Å². The van der Waals surface area contributed by atoms with Crippen LogP contribution < -0.4 is 10.6 Å². The standard InChI is InChI=1S/C26H20Cl2N2O3/c1-14-10-19-23(11-15(14)2)33-26(32)24(25(19)31)21-13-22(18-9-8-16(27)12-20(18)28)30(29-21)17-6-4-3-5-7-17/h3-12,22,31H,13H2,1-2H3. The van der Waals surface area contributed by atoms with Crippen molar-refractivity contribution in [3.8, 4) is 5.75 Å². The van der Waals surface area contributed by atoms with E-state index in [0.717, 1.165) is 22.4 Å². The van der Waals surface area contributed by atoms with Crippen LogP contribution in [0.25, 0.3) is 11.0 Å². The molecule has 1 aliphatic rings. The number of hydrogen-bond acceptors (Lipinski definition) is 5. The van der Waals surface area contributed by atoms with Gasteiger partial charge in [0.1, 0.15) is 16.9 Å². The van der Waals surface area contributed by atoms with E-state index in [2.05, 4.69) is 0 Å². The maximum atomic E-state index is 13.0. The number of anilines is 1. The normalized spacial score (nSPS) is 15.8. The number of benzene rings is 3. The number of nitrogens with zero attached hydrogens (tertiary/aromatic N) is 2. The summed E-state index contributed by atoms with van der Waals surface area (Å²) in [6, 6.07) is 18.2. The zero-order valence-corrected chi connectivity index (χ0v) is 19.5. The van der Waals surface area contributed by atoms with E-state index >= 15 is 0 Å². The molecule has 4 aromatic rings. The molecule has 1 aliphatic heterocycles. The highest BCUT2D eigenvalue weighted by Crippen LogP contribution is 2.41. The molecule has 0 radical (unpaired) electrons. The molecular formula is C26H20Cl2N2O3. The Bertz CT molecular complexity index is 1480. The first-order valence-corrected chi connectivity index (χ1v) is 11.2. The summed E-state index contributed by atoms with van der Waals surface area (Å²) < 4.78 is 5.58. The van der Waals surface area contributed by atoms with Crippen LogP contribution in [0.1, 0.15) is 34.7 Å². The van der Waals surface area contributed by atoms with E-state index < -0.39 is 5.63 Å². The molecule has 5 rings (SSSR count). The van der Waals surface area contributed by atoms with Gasteiger partial charge in [0.2, 0.25) is 0 Å². The van der Waals surface area contributed by atoms with Crippen molar-refractivity contribution in [3.05, 3.63) is 103 Å². The number of halogens is 2. The topological polar surface area (TPSA) is 66.0 Å². The average Bonchev–Trinajstić information content (AvgIpc) is 3.20. The van der Waals surface area contributed by atoms with Gasteiger partial charge in [-0.1, -0.05) is 47.5 Å². The predicted octanol–water partition coefficient (Wildman–Crippen LogP) is 6.78. The van der Waals surface area contributed by atoms with Gasteiger partial charge < -0.3 is 9.52 Å². The molecule has 0 bridgehead atoms. The Morgan fingerprint density at radius 1 is 1.03 bits per heavy atom. The van der Waals surface area contributed by atoms with Crippen molar-refractivity contribution < 1.29 is 9.52 Å². The first-order valence-electron chi connectivity index (χ1n) is 10.5. The molecule has 0 spiro atoms. The third-order valence-corrected chi connectivity index (χ3v) is 6.60. The average molecular weight is 479 g/mol. The predicted molar refractivity (Wildman–Crippen MR) is 133 cm³/mol. The molecule has 2 heterocycles. The summed E-state index contributed by atoms with van der Waals surface area (Å²) in [6.07, 6.45) is 0.352. The Morgan fingerprint density at radius 2 is 1.76 bits per heavy atom. The molecule has 0 amide bonds. The quantitative estimate of drug-likeness (QED) is 0.329. The maximum Gasteiger partial charge on any atom is 0.349 e. The van der Waals surface area contributed by atoms with Crippen LogP contribution in [-0.2, 0) is 0 Å². The fourth-order valence-corrected chi connectivity index (χ4v) is 4.72. The van der Waals surface area contributed by atoms with E-state index in [1.807, 2.05) is 61.3 Å². The molecule has 0 aliphatic carbocycles. The van der Waals surface area contributed by atoms with Crippen molar-refractivity contribution >= 4 is 45.6 Å². The zero-order valence-electron chi connectivity index (χ0n) is 18.0. The Hall–Kier alpha value is -3.28. The number of fused-ring (bicyclic) bond motifs is 1. The molecule has 5 nitrogen and oxygen atoms in total. The van der Waals surface area contributed by atoms with E-state index in [4.69, 9.17) is 32.7 Å². The van der Waals surface area contributed by atoms with Gasteiger partial charge in [-0.15, -0.1) is 0 Å². The molecule has 0 fully saturated rings. The summed E-state index contributed by atoms with van der Waals surface area (Å²) in [5.74, 6) is -0.126. The highest BCUT2D eigenvalue weighted by atomic mass is 35.5. The van der Waals surface area contributed by atoms with Gasteiger partial charge in [-0.05, 0) is 66.9 Å². The van der Waals surface area contributed by atoms with Crippen LogP contribution in [0.5, 0.6) is 5.75 Å². The third-order valence-electron chi connectivity index (χ3n) is 6.04. The molecule has 3 aromatic carbocycles. The monoisotopic (exact) mass is 478 g/mol. The minimum atomic E-state index is -0.627. The van der Waals surface area contributed by atoms with Gasteiger partial charge in [-0.3, -0.25) is 5.01 Å². The molecule has 7 heteroatoms. The summed E-state index contributed by atoms with van der Waals surface area (Å²) in [7, 11) is 0. The van der Waals surface area contributed by atoms with Crippen molar-refractivity contribution in [2.24, 2.45) is 5.10 Å². The summed E-state index contributed by atoms with van der Waals surface area (Å²) in [5.41, 5.74) is 3.84. The zero-order chi connectivity index (χ0) is 23.3. The van der Waals surface area contributed by atoms with Crippen molar-refractivity contribution in [1.29, 1.82) is 0 Å². The molecule has 0 saturated carbocycles.